The number of rotatable bonds is 9. The predicted molar refractivity (Wildman–Crippen MR) is 143 cm³/mol. The molecular weight excluding hydrogens is 488 g/mol. The number of phenolic OH excluding ortho intramolecular Hbond substituents is 2. The first kappa shape index (κ1) is 25.4. The highest BCUT2D eigenvalue weighted by Gasteiger charge is 2.29. The second kappa shape index (κ2) is 11.4. The minimum absolute atomic E-state index is 0.00390. The maximum atomic E-state index is 13.7. The van der Waals surface area contributed by atoms with Crippen molar-refractivity contribution < 1.29 is 15.0 Å². The third kappa shape index (κ3) is 5.83. The van der Waals surface area contributed by atoms with E-state index in [0.29, 0.717) is 47.6 Å². The maximum Gasteiger partial charge on any atom is 0.264 e. The van der Waals surface area contributed by atoms with Gasteiger partial charge >= 0.3 is 0 Å². The fraction of sp³-hybridized carbons (Fsp3) is 0.393. The molecule has 1 aliphatic carbocycles. The van der Waals surface area contributed by atoms with Crippen LogP contribution in [0.1, 0.15) is 42.5 Å². The highest BCUT2D eigenvalue weighted by molar-refractivity contribution is 7.99. The van der Waals surface area contributed by atoms with E-state index < -0.39 is 0 Å². The number of nitrogens with one attached hydrogen (secondary N) is 1. The summed E-state index contributed by atoms with van der Waals surface area (Å²) < 4.78 is 1.52. The van der Waals surface area contributed by atoms with Gasteiger partial charge in [0.25, 0.3) is 5.56 Å². The Morgan fingerprint density at radius 3 is 2.59 bits per heavy atom. The van der Waals surface area contributed by atoms with Crippen molar-refractivity contribution in [1.82, 2.24) is 19.8 Å². The molecule has 2 aromatic carbocycles. The largest absolute Gasteiger partial charge is 0.508 e. The van der Waals surface area contributed by atoms with Crippen LogP contribution in [-0.4, -0.2) is 55.5 Å². The molecule has 0 spiro atoms. The molecule has 37 heavy (non-hydrogen) atoms. The fourth-order valence-electron chi connectivity index (χ4n) is 4.62. The molecule has 3 N–H and O–H groups in total. The lowest BCUT2D eigenvalue weighted by atomic mass is 10.0. The SMILES string of the molecule is O=C(CCNCCc1ccc(O)cc1)N1CCc2nc(SC3CCC3)n(-c3ccccc3O)c(=O)c2C1. The number of benzene rings is 2. The molecule has 1 amide bonds. The molecule has 0 saturated heterocycles. The topological polar surface area (TPSA) is 108 Å². The number of carbonyl (C=O) groups is 1. The Morgan fingerprint density at radius 1 is 1.08 bits per heavy atom. The van der Waals surface area contributed by atoms with E-state index in [1.807, 2.05) is 12.1 Å². The summed E-state index contributed by atoms with van der Waals surface area (Å²) in [5.74, 6) is 0.287. The van der Waals surface area contributed by atoms with E-state index >= 15 is 0 Å². The van der Waals surface area contributed by atoms with Crippen LogP contribution in [0.15, 0.2) is 58.5 Å². The van der Waals surface area contributed by atoms with Gasteiger partial charge in [-0.2, -0.15) is 0 Å². The Hall–Kier alpha value is -3.30. The number of thioether (sulfide) groups is 1. The monoisotopic (exact) mass is 520 g/mol. The van der Waals surface area contributed by atoms with E-state index in [9.17, 15) is 19.8 Å². The van der Waals surface area contributed by atoms with Crippen molar-refractivity contribution in [1.29, 1.82) is 0 Å². The van der Waals surface area contributed by atoms with Gasteiger partial charge in [-0.25, -0.2) is 4.98 Å². The lowest BCUT2D eigenvalue weighted by molar-refractivity contribution is -0.132. The Labute approximate surface area is 220 Å². The standard InChI is InChI=1S/C28H32N4O4S/c33-20-10-8-19(9-11-20)12-15-29-16-13-26(35)31-17-14-23-22(18-31)27(36)32(24-6-1-2-7-25(24)34)28(30-23)37-21-4-3-5-21/h1-2,6-11,21,29,33-34H,3-5,12-18H2. The molecule has 1 aliphatic heterocycles. The third-order valence-electron chi connectivity index (χ3n) is 7.04. The van der Waals surface area contributed by atoms with Gasteiger partial charge in [-0.15, -0.1) is 0 Å². The molecule has 3 aromatic rings. The van der Waals surface area contributed by atoms with E-state index in [2.05, 4.69) is 5.32 Å². The van der Waals surface area contributed by atoms with E-state index in [1.54, 1.807) is 53.1 Å². The van der Waals surface area contributed by atoms with Gasteiger partial charge in [0, 0.05) is 31.2 Å². The van der Waals surface area contributed by atoms with Crippen molar-refractivity contribution >= 4 is 17.7 Å². The molecule has 0 unspecified atom stereocenters. The molecule has 8 nitrogen and oxygen atoms in total. The van der Waals surface area contributed by atoms with Crippen molar-refractivity contribution in [2.45, 2.75) is 55.5 Å². The van der Waals surface area contributed by atoms with Crippen LogP contribution in [0.5, 0.6) is 11.5 Å². The number of hydrogen-bond acceptors (Lipinski definition) is 7. The lowest BCUT2D eigenvalue weighted by Gasteiger charge is -2.30. The Balaban J connectivity index is 1.26. The summed E-state index contributed by atoms with van der Waals surface area (Å²) in [5.41, 5.74) is 2.62. The van der Waals surface area contributed by atoms with E-state index in [0.717, 1.165) is 37.1 Å². The molecule has 5 rings (SSSR count). The summed E-state index contributed by atoms with van der Waals surface area (Å²) in [4.78, 5) is 33.3. The smallest absolute Gasteiger partial charge is 0.264 e. The van der Waals surface area contributed by atoms with Crippen LogP contribution in [0.4, 0.5) is 0 Å². The number of phenols is 2. The van der Waals surface area contributed by atoms with E-state index in [-0.39, 0.29) is 29.5 Å². The Morgan fingerprint density at radius 2 is 1.86 bits per heavy atom. The number of para-hydroxylation sites is 2. The number of amides is 1. The van der Waals surface area contributed by atoms with Crippen molar-refractivity contribution in [3.8, 4) is 17.2 Å². The van der Waals surface area contributed by atoms with Gasteiger partial charge in [-0.1, -0.05) is 42.4 Å². The lowest BCUT2D eigenvalue weighted by Crippen LogP contribution is -2.42. The van der Waals surface area contributed by atoms with Crippen LogP contribution in [0.2, 0.25) is 0 Å². The summed E-state index contributed by atoms with van der Waals surface area (Å²) in [7, 11) is 0. The number of fused-ring (bicyclic) bond motifs is 1. The van der Waals surface area contributed by atoms with Gasteiger partial charge < -0.3 is 20.4 Å². The first-order chi connectivity index (χ1) is 18.0. The second-order valence-corrected chi connectivity index (χ2v) is 10.9. The van der Waals surface area contributed by atoms with E-state index in [1.165, 1.54) is 11.0 Å². The van der Waals surface area contributed by atoms with Crippen LogP contribution in [0, 0.1) is 0 Å². The number of hydrogen-bond donors (Lipinski definition) is 3. The Kier molecular flexibility index (Phi) is 7.81. The summed E-state index contributed by atoms with van der Waals surface area (Å²) >= 11 is 1.61. The average molecular weight is 521 g/mol. The predicted octanol–water partition coefficient (Wildman–Crippen LogP) is 3.40. The molecule has 1 saturated carbocycles. The molecule has 1 aromatic heterocycles. The zero-order valence-electron chi connectivity index (χ0n) is 20.7. The van der Waals surface area contributed by atoms with Crippen molar-refractivity contribution in [3.05, 3.63) is 75.7 Å². The minimum Gasteiger partial charge on any atom is -0.508 e. The minimum atomic E-state index is -0.210. The number of aromatic hydroxyl groups is 2. The molecule has 194 valence electrons. The van der Waals surface area contributed by atoms with Crippen LogP contribution in [0.3, 0.4) is 0 Å². The van der Waals surface area contributed by atoms with Gasteiger partial charge in [-0.3, -0.25) is 14.2 Å². The van der Waals surface area contributed by atoms with Gasteiger partial charge in [0.05, 0.1) is 23.5 Å². The molecule has 0 atom stereocenters. The summed E-state index contributed by atoms with van der Waals surface area (Å²) in [5, 5.41) is 24.2. The van der Waals surface area contributed by atoms with Gasteiger partial charge in [0.1, 0.15) is 11.5 Å². The Bertz CT molecular complexity index is 1320. The molecule has 0 radical (unpaired) electrons. The van der Waals surface area contributed by atoms with Crippen LogP contribution < -0.4 is 10.9 Å². The van der Waals surface area contributed by atoms with E-state index in [4.69, 9.17) is 4.98 Å². The summed E-state index contributed by atoms with van der Waals surface area (Å²) in [6.07, 6.45) is 5.09. The molecule has 2 aliphatic rings. The molecular formula is C28H32N4O4S. The van der Waals surface area contributed by atoms with Crippen LogP contribution in [0.25, 0.3) is 5.69 Å². The van der Waals surface area contributed by atoms with Gasteiger partial charge in [-0.05, 0) is 55.6 Å². The number of carbonyl (C=O) groups excluding carboxylic acids is 1. The third-order valence-corrected chi connectivity index (χ3v) is 8.33. The second-order valence-electron chi connectivity index (χ2n) is 9.60. The van der Waals surface area contributed by atoms with Crippen LogP contribution in [-0.2, 0) is 24.2 Å². The molecule has 0 bridgehead atoms. The fourth-order valence-corrected chi connectivity index (χ4v) is 5.94. The number of nitrogens with zero attached hydrogens (tertiary/aromatic N) is 3. The first-order valence-electron chi connectivity index (χ1n) is 12.9. The zero-order valence-corrected chi connectivity index (χ0v) is 21.5. The van der Waals surface area contributed by atoms with Crippen molar-refractivity contribution in [3.63, 3.8) is 0 Å². The molecule has 9 heteroatoms. The average Bonchev–Trinajstić information content (AvgIpc) is 2.88. The van der Waals surface area contributed by atoms with Crippen molar-refractivity contribution in [2.24, 2.45) is 0 Å². The number of aromatic nitrogens is 2. The van der Waals surface area contributed by atoms with Crippen LogP contribution >= 0.6 is 11.8 Å². The maximum absolute atomic E-state index is 13.7. The normalized spacial score (nSPS) is 15.3. The van der Waals surface area contributed by atoms with Crippen molar-refractivity contribution in [2.75, 3.05) is 19.6 Å². The van der Waals surface area contributed by atoms with Gasteiger partial charge in [0.15, 0.2) is 5.16 Å². The summed E-state index contributed by atoms with van der Waals surface area (Å²) in [6.45, 7) is 2.06. The molecule has 2 heterocycles. The molecule has 1 fully saturated rings. The quantitative estimate of drug-likeness (QED) is 0.293. The zero-order chi connectivity index (χ0) is 25.8. The highest BCUT2D eigenvalue weighted by Crippen LogP contribution is 2.37. The first-order valence-corrected chi connectivity index (χ1v) is 13.7. The van der Waals surface area contributed by atoms with Gasteiger partial charge in [0.2, 0.25) is 5.91 Å². The summed E-state index contributed by atoms with van der Waals surface area (Å²) in [6, 6.07) is 13.9. The highest BCUT2D eigenvalue weighted by atomic mass is 32.2.